The molecule has 0 saturated heterocycles. The van der Waals surface area contributed by atoms with E-state index >= 15 is 0 Å². The highest BCUT2D eigenvalue weighted by Crippen LogP contribution is 2.12. The zero-order valence-corrected chi connectivity index (χ0v) is 30.2. The minimum atomic E-state index is -0.712. The number of hydrogen-bond donors (Lipinski definition) is 0. The van der Waals surface area contributed by atoms with Crippen LogP contribution in [0.1, 0.15) is 137 Å². The molecule has 0 bridgehead atoms. The van der Waals surface area contributed by atoms with Crippen LogP contribution >= 0.6 is 0 Å². The van der Waals surface area contributed by atoms with Crippen LogP contribution in [0.2, 0.25) is 0 Å². The van der Waals surface area contributed by atoms with Crippen molar-refractivity contribution in [2.75, 3.05) is 52.7 Å². The molecule has 0 aliphatic heterocycles. The highest BCUT2D eigenvalue weighted by atomic mass is 16.7. The summed E-state index contributed by atoms with van der Waals surface area (Å²) in [6, 6.07) is 0. The molecule has 0 spiro atoms. The topological polar surface area (TPSA) is 83.5 Å². The third-order valence-electron chi connectivity index (χ3n) is 7.64. The van der Waals surface area contributed by atoms with Gasteiger partial charge in [-0.2, -0.15) is 0 Å². The number of carbonyl (C=O) groups is 2. The maximum atomic E-state index is 12.3. The molecule has 0 aliphatic rings. The van der Waals surface area contributed by atoms with Gasteiger partial charge in [0.15, 0.2) is 6.29 Å². The lowest BCUT2D eigenvalue weighted by Crippen LogP contribution is -2.25. The van der Waals surface area contributed by atoms with E-state index < -0.39 is 6.16 Å². The zero-order chi connectivity index (χ0) is 33.9. The minimum Gasteiger partial charge on any atom is -0.465 e. The summed E-state index contributed by atoms with van der Waals surface area (Å²) < 4.78 is 27.7. The van der Waals surface area contributed by atoms with Gasteiger partial charge in [0.25, 0.3) is 0 Å². The molecule has 0 aliphatic carbocycles. The first-order chi connectivity index (χ1) is 22.5. The monoisotopic (exact) mass is 653 g/mol. The lowest BCUT2D eigenvalue weighted by molar-refractivity contribution is -0.149. The molecule has 0 aromatic heterocycles. The predicted molar refractivity (Wildman–Crippen MR) is 189 cm³/mol. The Balaban J connectivity index is 4.22. The SMILES string of the molecule is [CH2]C(COC(=O)CCCCC(OCCC/C=C\CCCCC)OCCC/C=C\CCCCC)COC(=O)OCCCN(CC)CC. The number of hydrogen-bond acceptors (Lipinski definition) is 8. The van der Waals surface area contributed by atoms with E-state index in [0.29, 0.717) is 32.7 Å². The Bertz CT molecular complexity index is 711. The van der Waals surface area contributed by atoms with Crippen LogP contribution in [0.3, 0.4) is 0 Å². The van der Waals surface area contributed by atoms with E-state index in [1.165, 1.54) is 38.5 Å². The number of unbranched alkanes of at least 4 members (excludes halogenated alkanes) is 9. The summed E-state index contributed by atoms with van der Waals surface area (Å²) in [5.74, 6) is -0.627. The zero-order valence-electron chi connectivity index (χ0n) is 30.2. The number of rotatable bonds is 33. The molecule has 8 nitrogen and oxygen atoms in total. The second-order valence-electron chi connectivity index (χ2n) is 12.0. The average molecular weight is 653 g/mol. The highest BCUT2D eigenvalue weighted by Gasteiger charge is 2.13. The molecule has 0 rings (SSSR count). The van der Waals surface area contributed by atoms with Crippen LogP contribution in [0.25, 0.3) is 0 Å². The first-order valence-corrected chi connectivity index (χ1v) is 18.5. The lowest BCUT2D eigenvalue weighted by atomic mass is 10.2. The Morgan fingerprint density at radius 3 is 1.72 bits per heavy atom. The van der Waals surface area contributed by atoms with Gasteiger partial charge in [0.05, 0.1) is 26.4 Å². The molecule has 0 fully saturated rings. The molecule has 1 unspecified atom stereocenters. The van der Waals surface area contributed by atoms with E-state index in [9.17, 15) is 9.59 Å². The van der Waals surface area contributed by atoms with Crippen molar-refractivity contribution in [2.45, 2.75) is 143 Å². The van der Waals surface area contributed by atoms with Crippen molar-refractivity contribution in [1.29, 1.82) is 0 Å². The molecule has 1 radical (unpaired) electrons. The van der Waals surface area contributed by atoms with Crippen molar-refractivity contribution < 1.29 is 33.3 Å². The summed E-state index contributed by atoms with van der Waals surface area (Å²) in [6.07, 6.45) is 25.4. The van der Waals surface area contributed by atoms with E-state index in [0.717, 1.165) is 77.4 Å². The van der Waals surface area contributed by atoms with E-state index in [1.807, 2.05) is 0 Å². The quantitative estimate of drug-likeness (QED) is 0.0300. The third-order valence-corrected chi connectivity index (χ3v) is 7.64. The Labute approximate surface area is 283 Å². The molecule has 0 aromatic carbocycles. The maximum Gasteiger partial charge on any atom is 0.508 e. The summed E-state index contributed by atoms with van der Waals surface area (Å²) in [5, 5.41) is 0. The van der Waals surface area contributed by atoms with Crippen molar-refractivity contribution >= 4 is 12.1 Å². The van der Waals surface area contributed by atoms with Gasteiger partial charge in [0.1, 0.15) is 6.61 Å². The molecule has 8 heteroatoms. The molecule has 0 heterocycles. The summed E-state index contributed by atoms with van der Waals surface area (Å²) in [7, 11) is 0. The molecule has 0 N–H and O–H groups in total. The van der Waals surface area contributed by atoms with Crippen LogP contribution in [-0.2, 0) is 28.5 Å². The summed E-state index contributed by atoms with van der Waals surface area (Å²) in [6.45, 7) is 17.2. The Kier molecular flexibility index (Phi) is 33.0. The smallest absolute Gasteiger partial charge is 0.465 e. The molecule has 0 amide bonds. The van der Waals surface area contributed by atoms with Crippen molar-refractivity contribution in [3.63, 3.8) is 0 Å². The van der Waals surface area contributed by atoms with E-state index in [-0.39, 0.29) is 31.4 Å². The highest BCUT2D eigenvalue weighted by molar-refractivity contribution is 5.69. The van der Waals surface area contributed by atoms with Gasteiger partial charge < -0.3 is 28.6 Å². The van der Waals surface area contributed by atoms with Crippen LogP contribution in [0.5, 0.6) is 0 Å². The molecule has 46 heavy (non-hydrogen) atoms. The predicted octanol–water partition coefficient (Wildman–Crippen LogP) is 9.62. The van der Waals surface area contributed by atoms with Crippen LogP contribution < -0.4 is 0 Å². The second-order valence-corrected chi connectivity index (χ2v) is 12.0. The van der Waals surface area contributed by atoms with Gasteiger partial charge in [0.2, 0.25) is 0 Å². The first-order valence-electron chi connectivity index (χ1n) is 18.5. The summed E-state index contributed by atoms with van der Waals surface area (Å²) in [5.41, 5.74) is 0. The van der Waals surface area contributed by atoms with Crippen molar-refractivity contribution in [3.05, 3.63) is 31.2 Å². The van der Waals surface area contributed by atoms with Crippen LogP contribution in [0.4, 0.5) is 4.79 Å². The molecule has 1 atom stereocenters. The van der Waals surface area contributed by atoms with Gasteiger partial charge in [0, 0.05) is 18.9 Å². The van der Waals surface area contributed by atoms with Gasteiger partial charge >= 0.3 is 12.1 Å². The van der Waals surface area contributed by atoms with Gasteiger partial charge in [-0.15, -0.1) is 0 Å². The molecule has 269 valence electrons. The van der Waals surface area contributed by atoms with E-state index in [1.54, 1.807) is 0 Å². The first kappa shape index (κ1) is 44.1. The average Bonchev–Trinajstić information content (AvgIpc) is 3.06. The maximum absolute atomic E-state index is 12.3. The fourth-order valence-corrected chi connectivity index (χ4v) is 4.66. The number of esters is 1. The van der Waals surface area contributed by atoms with Gasteiger partial charge in [-0.1, -0.05) is 77.7 Å². The number of carbonyl (C=O) groups excluding carboxylic acids is 2. The molecular weight excluding hydrogens is 582 g/mol. The van der Waals surface area contributed by atoms with Gasteiger partial charge in [-0.05, 0) is 97.1 Å². The number of allylic oxidation sites excluding steroid dienone is 4. The number of nitrogens with zero attached hydrogens (tertiary/aromatic N) is 1. The molecular formula is C38H70NO7. The van der Waals surface area contributed by atoms with E-state index in [4.69, 9.17) is 23.7 Å². The number of ether oxygens (including phenoxy) is 5. The van der Waals surface area contributed by atoms with Gasteiger partial charge in [-0.25, -0.2) is 4.79 Å². The van der Waals surface area contributed by atoms with Crippen LogP contribution in [0.15, 0.2) is 24.3 Å². The minimum absolute atomic E-state index is 0.0435. The van der Waals surface area contributed by atoms with Crippen LogP contribution in [-0.4, -0.2) is 76.0 Å². The standard InChI is InChI=1S/C38H70NO7/c1-6-10-12-14-16-18-20-24-30-42-37(43-31-25-21-19-17-15-13-11-7-2)28-23-22-27-36(40)45-33-35(5)34-46-38(41)44-32-26-29-39(8-3)9-4/h16-19,35,37H,5-15,20-34H2,1-4H3/b18-16-,19-17-. The summed E-state index contributed by atoms with van der Waals surface area (Å²) >= 11 is 0. The Hall–Kier alpha value is -1.90. The fraction of sp³-hybridized carbons (Fsp3) is 0.816. The van der Waals surface area contributed by atoms with Crippen molar-refractivity contribution in [1.82, 2.24) is 4.90 Å². The largest absolute Gasteiger partial charge is 0.508 e. The molecule has 0 saturated carbocycles. The van der Waals surface area contributed by atoms with Crippen molar-refractivity contribution in [2.24, 2.45) is 5.92 Å². The van der Waals surface area contributed by atoms with Crippen LogP contribution in [0, 0.1) is 12.8 Å². The summed E-state index contributed by atoms with van der Waals surface area (Å²) in [4.78, 5) is 26.3. The van der Waals surface area contributed by atoms with Crippen molar-refractivity contribution in [3.8, 4) is 0 Å². The van der Waals surface area contributed by atoms with E-state index in [2.05, 4.69) is 63.8 Å². The fourth-order valence-electron chi connectivity index (χ4n) is 4.66. The Morgan fingerprint density at radius 2 is 1.17 bits per heavy atom. The normalized spacial score (nSPS) is 12.5. The Morgan fingerprint density at radius 1 is 0.630 bits per heavy atom. The third kappa shape index (κ3) is 30.7. The molecule has 0 aromatic rings. The lowest BCUT2D eigenvalue weighted by Gasteiger charge is -2.18. The second kappa shape index (κ2) is 34.4. The van der Waals surface area contributed by atoms with Gasteiger partial charge in [-0.3, -0.25) is 4.79 Å².